The van der Waals surface area contributed by atoms with Crippen molar-refractivity contribution in [3.63, 3.8) is 0 Å². The van der Waals surface area contributed by atoms with Crippen LogP contribution in [0.2, 0.25) is 0 Å². The molecular weight excluding hydrogens is 470 g/mol. The maximum atomic E-state index is 13.1. The molecule has 1 fully saturated rings. The molecule has 28 heavy (non-hydrogen) atoms. The summed E-state index contributed by atoms with van der Waals surface area (Å²) >= 11 is 0. The molecule has 0 bridgehead atoms. The number of aromatic nitrogens is 2. The summed E-state index contributed by atoms with van der Waals surface area (Å²) in [6.07, 6.45) is 3.99. The molecule has 1 aromatic carbocycles. The predicted molar refractivity (Wildman–Crippen MR) is 123 cm³/mol. The van der Waals surface area contributed by atoms with E-state index in [9.17, 15) is 4.39 Å². The zero-order valence-corrected chi connectivity index (χ0v) is 19.4. The van der Waals surface area contributed by atoms with Gasteiger partial charge in [0.15, 0.2) is 5.96 Å². The van der Waals surface area contributed by atoms with Crippen molar-refractivity contribution in [3.05, 3.63) is 47.5 Å². The van der Waals surface area contributed by atoms with Crippen molar-refractivity contribution in [2.45, 2.75) is 19.4 Å². The van der Waals surface area contributed by atoms with Gasteiger partial charge in [0.05, 0.1) is 18.4 Å². The van der Waals surface area contributed by atoms with Crippen LogP contribution in [0.5, 0.6) is 0 Å². The first-order valence-electron chi connectivity index (χ1n) is 9.36. The molecule has 1 unspecified atom stereocenters. The van der Waals surface area contributed by atoms with Crippen molar-refractivity contribution in [1.29, 1.82) is 0 Å². The Labute approximate surface area is 183 Å². The van der Waals surface area contributed by atoms with Crippen LogP contribution in [0.15, 0.2) is 35.5 Å². The highest BCUT2D eigenvalue weighted by Gasteiger charge is 2.25. The van der Waals surface area contributed by atoms with Crippen molar-refractivity contribution in [2.24, 2.45) is 18.0 Å². The van der Waals surface area contributed by atoms with Crippen LogP contribution in [0, 0.1) is 11.7 Å². The lowest BCUT2D eigenvalue weighted by Crippen LogP contribution is -2.40. The van der Waals surface area contributed by atoms with Gasteiger partial charge < -0.3 is 19.7 Å². The topological polar surface area (TPSA) is 48.7 Å². The Morgan fingerprint density at radius 1 is 1.32 bits per heavy atom. The minimum atomic E-state index is -0.177. The maximum Gasteiger partial charge on any atom is 0.204 e. The molecule has 1 atom stereocenters. The lowest BCUT2D eigenvalue weighted by Gasteiger charge is -2.22. The number of hydrogen-bond acceptors (Lipinski definition) is 3. The molecule has 3 rings (SSSR count). The van der Waals surface area contributed by atoms with E-state index in [1.54, 1.807) is 12.1 Å². The molecule has 0 aliphatic carbocycles. The summed E-state index contributed by atoms with van der Waals surface area (Å²) in [6.45, 7) is 2.63. The van der Waals surface area contributed by atoms with Crippen molar-refractivity contribution >= 4 is 35.9 Å². The first-order valence-corrected chi connectivity index (χ1v) is 9.36. The van der Waals surface area contributed by atoms with E-state index >= 15 is 0 Å². The summed E-state index contributed by atoms with van der Waals surface area (Å²) in [5, 5.41) is 3.46. The van der Waals surface area contributed by atoms with Gasteiger partial charge in [-0.1, -0.05) is 12.1 Å². The van der Waals surface area contributed by atoms with Crippen LogP contribution in [0.3, 0.4) is 0 Å². The predicted octanol–water partition coefficient (Wildman–Crippen LogP) is 2.88. The summed E-state index contributed by atoms with van der Waals surface area (Å²) in [6, 6.07) is 6.85. The van der Waals surface area contributed by atoms with Crippen molar-refractivity contribution in [1.82, 2.24) is 19.8 Å². The summed E-state index contributed by atoms with van der Waals surface area (Å²) in [5.41, 5.74) is 2.30. The van der Waals surface area contributed by atoms with Crippen molar-refractivity contribution in [3.8, 4) is 0 Å². The van der Waals surface area contributed by atoms with Gasteiger partial charge in [0.2, 0.25) is 5.95 Å². The van der Waals surface area contributed by atoms with E-state index in [2.05, 4.69) is 24.8 Å². The molecule has 2 aromatic rings. The second-order valence-corrected chi connectivity index (χ2v) is 7.34. The second kappa shape index (κ2) is 10.1. The number of aliphatic imine (C=N–C) groups is 1. The third-order valence-electron chi connectivity index (χ3n) is 5.12. The Morgan fingerprint density at radius 2 is 2.04 bits per heavy atom. The Morgan fingerprint density at radius 3 is 2.64 bits per heavy atom. The molecule has 154 valence electrons. The molecule has 2 heterocycles. The zero-order chi connectivity index (χ0) is 19.4. The maximum absolute atomic E-state index is 13.1. The average Bonchev–Trinajstić information content (AvgIpc) is 3.25. The van der Waals surface area contributed by atoms with Gasteiger partial charge >= 0.3 is 0 Å². The molecule has 1 saturated heterocycles. The molecule has 0 spiro atoms. The summed E-state index contributed by atoms with van der Waals surface area (Å²) < 4.78 is 15.2. The SMILES string of the molecule is CN=C(NCc1cnc(N(C)C)n1C)N1CCC(Cc2ccc(F)cc2)C1.I. The Balaban J connectivity index is 0.00000280. The van der Waals surface area contributed by atoms with Crippen LogP contribution in [0.1, 0.15) is 17.7 Å². The fourth-order valence-corrected chi connectivity index (χ4v) is 3.66. The molecule has 0 saturated carbocycles. The smallest absolute Gasteiger partial charge is 0.204 e. The molecule has 6 nitrogen and oxygen atoms in total. The van der Waals surface area contributed by atoms with Crippen LogP contribution in [-0.4, -0.2) is 54.6 Å². The van der Waals surface area contributed by atoms with Gasteiger partial charge in [-0.3, -0.25) is 4.99 Å². The highest BCUT2D eigenvalue weighted by Crippen LogP contribution is 2.21. The van der Waals surface area contributed by atoms with Crippen LogP contribution in [-0.2, 0) is 20.0 Å². The zero-order valence-electron chi connectivity index (χ0n) is 17.0. The first-order chi connectivity index (χ1) is 13.0. The number of likely N-dealkylation sites (tertiary alicyclic amines) is 1. The Hall–Kier alpha value is -1.84. The van der Waals surface area contributed by atoms with E-state index in [0.717, 1.165) is 43.5 Å². The summed E-state index contributed by atoms with van der Waals surface area (Å²) in [5.74, 6) is 2.24. The number of nitrogens with zero attached hydrogens (tertiary/aromatic N) is 5. The van der Waals surface area contributed by atoms with Crippen molar-refractivity contribution in [2.75, 3.05) is 39.1 Å². The molecule has 0 amide bonds. The minimum Gasteiger partial charge on any atom is -0.351 e. The van der Waals surface area contributed by atoms with Crippen LogP contribution in [0.25, 0.3) is 0 Å². The number of rotatable bonds is 5. The van der Waals surface area contributed by atoms with Gasteiger partial charge in [0.1, 0.15) is 5.82 Å². The minimum absolute atomic E-state index is 0. The van der Waals surface area contributed by atoms with E-state index in [1.807, 2.05) is 51.4 Å². The highest BCUT2D eigenvalue weighted by atomic mass is 127. The number of imidazole rings is 1. The molecule has 1 aromatic heterocycles. The third kappa shape index (κ3) is 5.36. The number of nitrogens with one attached hydrogen (secondary N) is 1. The molecule has 1 N–H and O–H groups in total. The van der Waals surface area contributed by atoms with Gasteiger partial charge in [0.25, 0.3) is 0 Å². The van der Waals surface area contributed by atoms with Gasteiger partial charge in [-0.25, -0.2) is 9.37 Å². The summed E-state index contributed by atoms with van der Waals surface area (Å²) in [4.78, 5) is 13.2. The number of guanidine groups is 1. The van der Waals surface area contributed by atoms with E-state index in [4.69, 9.17) is 0 Å². The van der Waals surface area contributed by atoms with E-state index in [0.29, 0.717) is 12.5 Å². The number of hydrogen-bond donors (Lipinski definition) is 1. The van der Waals surface area contributed by atoms with Crippen LogP contribution >= 0.6 is 24.0 Å². The Bertz CT molecular complexity index is 786. The number of halogens is 2. The summed E-state index contributed by atoms with van der Waals surface area (Å²) in [7, 11) is 7.83. The lowest BCUT2D eigenvalue weighted by molar-refractivity contribution is 0.458. The highest BCUT2D eigenvalue weighted by molar-refractivity contribution is 14.0. The average molecular weight is 500 g/mol. The molecular formula is C20H30FIN6. The fraction of sp³-hybridized carbons (Fsp3) is 0.500. The van der Waals surface area contributed by atoms with Gasteiger partial charge in [-0.05, 0) is 36.5 Å². The molecule has 8 heteroatoms. The fourth-order valence-electron chi connectivity index (χ4n) is 3.66. The van der Waals surface area contributed by atoms with E-state index < -0.39 is 0 Å². The normalized spacial score (nSPS) is 16.8. The van der Waals surface area contributed by atoms with Gasteiger partial charge in [-0.2, -0.15) is 0 Å². The first kappa shape index (κ1) is 22.4. The number of anilines is 1. The molecule has 1 aliphatic heterocycles. The molecule has 0 radical (unpaired) electrons. The quantitative estimate of drug-likeness (QED) is 0.390. The van der Waals surface area contributed by atoms with E-state index in [-0.39, 0.29) is 29.8 Å². The third-order valence-corrected chi connectivity index (χ3v) is 5.12. The second-order valence-electron chi connectivity index (χ2n) is 7.34. The largest absolute Gasteiger partial charge is 0.351 e. The van der Waals surface area contributed by atoms with E-state index in [1.165, 1.54) is 5.56 Å². The van der Waals surface area contributed by atoms with Crippen molar-refractivity contribution < 1.29 is 4.39 Å². The lowest BCUT2D eigenvalue weighted by atomic mass is 9.99. The monoisotopic (exact) mass is 500 g/mol. The Kier molecular flexibility index (Phi) is 8.09. The van der Waals surface area contributed by atoms with Crippen LogP contribution < -0.4 is 10.2 Å². The van der Waals surface area contributed by atoms with Gasteiger partial charge in [0, 0.05) is 41.3 Å². The van der Waals surface area contributed by atoms with Crippen LogP contribution in [0.4, 0.5) is 10.3 Å². The van der Waals surface area contributed by atoms with Gasteiger partial charge in [-0.15, -0.1) is 24.0 Å². The standard InChI is InChI=1S/C20H29FN6.HI/c1-22-19(23-12-18-13-24-20(25(2)3)26(18)4)27-10-9-16(14-27)11-15-5-7-17(21)8-6-15;/h5-8,13,16H,9-12,14H2,1-4H3,(H,22,23);1H. The number of benzene rings is 1. The molecule has 1 aliphatic rings.